The van der Waals surface area contributed by atoms with E-state index in [9.17, 15) is 19.3 Å². The average molecular weight is 276 g/mol. The van der Waals surface area contributed by atoms with Crippen molar-refractivity contribution < 1.29 is 14.1 Å². The van der Waals surface area contributed by atoms with Crippen molar-refractivity contribution in [2.45, 2.75) is 6.54 Å². The highest BCUT2D eigenvalue weighted by Crippen LogP contribution is 2.16. The van der Waals surface area contributed by atoms with Crippen LogP contribution in [0.25, 0.3) is 0 Å². The van der Waals surface area contributed by atoms with Crippen LogP contribution in [0, 0.1) is 15.9 Å². The zero-order chi connectivity index (χ0) is 14.5. The zero-order valence-corrected chi connectivity index (χ0v) is 10.1. The Morgan fingerprint density at radius 3 is 2.85 bits per heavy atom. The summed E-state index contributed by atoms with van der Waals surface area (Å²) in [5.41, 5.74) is -0.189. The molecule has 8 heteroatoms. The number of nitrogens with zero attached hydrogens (tertiary/aromatic N) is 3. The van der Waals surface area contributed by atoms with Crippen LogP contribution < -0.4 is 5.32 Å². The number of nitro benzene ring substituents is 1. The Bertz CT molecular complexity index is 648. The standard InChI is InChI=1S/C12H9FN4O3/c13-11-2-1-9(17(19)20)5-10(11)12(18)15-6-8-3-4-14-7-16-8/h1-5,7H,6H2,(H,15,18). The van der Waals surface area contributed by atoms with E-state index < -0.39 is 16.6 Å². The molecule has 0 fully saturated rings. The molecule has 0 spiro atoms. The summed E-state index contributed by atoms with van der Waals surface area (Å²) in [5, 5.41) is 13.0. The maximum atomic E-state index is 13.5. The number of amides is 1. The predicted molar refractivity (Wildman–Crippen MR) is 66.3 cm³/mol. The lowest BCUT2D eigenvalue weighted by atomic mass is 10.1. The molecule has 0 aliphatic carbocycles. The molecule has 0 bridgehead atoms. The quantitative estimate of drug-likeness (QED) is 0.673. The number of benzene rings is 1. The monoisotopic (exact) mass is 276 g/mol. The first-order valence-corrected chi connectivity index (χ1v) is 5.55. The molecule has 1 heterocycles. The van der Waals surface area contributed by atoms with Crippen molar-refractivity contribution >= 4 is 11.6 Å². The average Bonchev–Trinajstić information content (AvgIpc) is 2.46. The number of nitro groups is 1. The highest BCUT2D eigenvalue weighted by molar-refractivity contribution is 5.95. The summed E-state index contributed by atoms with van der Waals surface area (Å²) in [4.78, 5) is 29.3. The first kappa shape index (κ1) is 13.5. The van der Waals surface area contributed by atoms with Crippen molar-refractivity contribution in [3.05, 3.63) is 64.0 Å². The van der Waals surface area contributed by atoms with E-state index in [1.54, 1.807) is 6.07 Å². The molecular formula is C12H9FN4O3. The van der Waals surface area contributed by atoms with Crippen LogP contribution in [-0.2, 0) is 6.54 Å². The molecule has 0 saturated heterocycles. The topological polar surface area (TPSA) is 98.0 Å². The summed E-state index contributed by atoms with van der Waals surface area (Å²) < 4.78 is 13.5. The minimum Gasteiger partial charge on any atom is -0.346 e. The highest BCUT2D eigenvalue weighted by atomic mass is 19.1. The molecule has 0 saturated carbocycles. The second-order valence-electron chi connectivity index (χ2n) is 3.80. The van der Waals surface area contributed by atoms with Gasteiger partial charge in [0.05, 0.1) is 22.7 Å². The highest BCUT2D eigenvalue weighted by Gasteiger charge is 2.16. The van der Waals surface area contributed by atoms with E-state index in [0.29, 0.717) is 5.69 Å². The van der Waals surface area contributed by atoms with Crippen LogP contribution in [-0.4, -0.2) is 20.8 Å². The molecule has 20 heavy (non-hydrogen) atoms. The lowest BCUT2D eigenvalue weighted by Crippen LogP contribution is -2.24. The molecule has 1 N–H and O–H groups in total. The second-order valence-corrected chi connectivity index (χ2v) is 3.80. The summed E-state index contributed by atoms with van der Waals surface area (Å²) in [5.74, 6) is -1.57. The summed E-state index contributed by atoms with van der Waals surface area (Å²) >= 11 is 0. The molecule has 1 aromatic heterocycles. The third kappa shape index (κ3) is 3.10. The number of hydrogen-bond donors (Lipinski definition) is 1. The van der Waals surface area contributed by atoms with Crippen LogP contribution in [0.4, 0.5) is 10.1 Å². The normalized spacial score (nSPS) is 10.1. The first-order valence-electron chi connectivity index (χ1n) is 5.55. The molecule has 7 nitrogen and oxygen atoms in total. The van der Waals surface area contributed by atoms with Crippen LogP contribution in [0.3, 0.4) is 0 Å². The number of hydrogen-bond acceptors (Lipinski definition) is 5. The van der Waals surface area contributed by atoms with Gasteiger partial charge in [-0.25, -0.2) is 14.4 Å². The molecule has 102 valence electrons. The van der Waals surface area contributed by atoms with Crippen molar-refractivity contribution in [3.63, 3.8) is 0 Å². The van der Waals surface area contributed by atoms with Gasteiger partial charge in [-0.15, -0.1) is 0 Å². The molecule has 2 aromatic rings. The second kappa shape index (κ2) is 5.83. The van der Waals surface area contributed by atoms with Gasteiger partial charge >= 0.3 is 0 Å². The van der Waals surface area contributed by atoms with Crippen molar-refractivity contribution in [1.82, 2.24) is 15.3 Å². The molecule has 0 radical (unpaired) electrons. The van der Waals surface area contributed by atoms with E-state index in [2.05, 4.69) is 15.3 Å². The fraction of sp³-hybridized carbons (Fsp3) is 0.0833. The first-order chi connectivity index (χ1) is 9.58. The van der Waals surface area contributed by atoms with Crippen molar-refractivity contribution in [1.29, 1.82) is 0 Å². The molecule has 0 aliphatic rings. The van der Waals surface area contributed by atoms with Crippen LogP contribution in [0.2, 0.25) is 0 Å². The SMILES string of the molecule is O=C(NCc1ccncn1)c1cc([N+](=O)[O-])ccc1F. The molecule has 0 atom stereocenters. The van der Waals surface area contributed by atoms with E-state index in [1.165, 1.54) is 12.5 Å². The number of nitrogens with one attached hydrogen (secondary N) is 1. The lowest BCUT2D eigenvalue weighted by molar-refractivity contribution is -0.384. The number of halogens is 1. The van der Waals surface area contributed by atoms with E-state index >= 15 is 0 Å². The van der Waals surface area contributed by atoms with Gasteiger partial charge in [0.1, 0.15) is 12.1 Å². The van der Waals surface area contributed by atoms with Gasteiger partial charge in [0.15, 0.2) is 0 Å². The van der Waals surface area contributed by atoms with Gasteiger partial charge < -0.3 is 5.32 Å². The Balaban J connectivity index is 2.13. The number of carbonyl (C=O) groups is 1. The van der Waals surface area contributed by atoms with Gasteiger partial charge in [0, 0.05) is 18.3 Å². The maximum Gasteiger partial charge on any atom is 0.270 e. The van der Waals surface area contributed by atoms with Gasteiger partial charge in [-0.2, -0.15) is 0 Å². The molecular weight excluding hydrogens is 267 g/mol. The van der Waals surface area contributed by atoms with Crippen molar-refractivity contribution in [2.75, 3.05) is 0 Å². The van der Waals surface area contributed by atoms with Gasteiger partial charge in [-0.3, -0.25) is 14.9 Å². The van der Waals surface area contributed by atoms with E-state index in [-0.39, 0.29) is 17.8 Å². The molecule has 2 rings (SSSR count). The Morgan fingerprint density at radius 1 is 1.40 bits per heavy atom. The van der Waals surface area contributed by atoms with Crippen LogP contribution in [0.1, 0.15) is 16.1 Å². The van der Waals surface area contributed by atoms with Crippen LogP contribution >= 0.6 is 0 Å². The van der Waals surface area contributed by atoms with Gasteiger partial charge in [-0.05, 0) is 12.1 Å². The minimum absolute atomic E-state index is 0.0729. The summed E-state index contributed by atoms with van der Waals surface area (Å²) in [6, 6.07) is 4.36. The van der Waals surface area contributed by atoms with Crippen molar-refractivity contribution in [2.24, 2.45) is 0 Å². The minimum atomic E-state index is -0.823. The zero-order valence-electron chi connectivity index (χ0n) is 10.1. The number of carbonyl (C=O) groups excluding carboxylic acids is 1. The number of rotatable bonds is 4. The molecule has 0 unspecified atom stereocenters. The van der Waals surface area contributed by atoms with Crippen LogP contribution in [0.5, 0.6) is 0 Å². The summed E-state index contributed by atoms with van der Waals surface area (Å²) in [7, 11) is 0. The Labute approximate surface area is 112 Å². The Kier molecular flexibility index (Phi) is 3.94. The summed E-state index contributed by atoms with van der Waals surface area (Å²) in [6.07, 6.45) is 2.82. The summed E-state index contributed by atoms with van der Waals surface area (Å²) in [6.45, 7) is 0.0729. The number of non-ortho nitro benzene ring substituents is 1. The van der Waals surface area contributed by atoms with E-state index in [4.69, 9.17) is 0 Å². The predicted octanol–water partition coefficient (Wildman–Crippen LogP) is 1.45. The number of aromatic nitrogens is 2. The third-order valence-electron chi connectivity index (χ3n) is 2.48. The van der Waals surface area contributed by atoms with Gasteiger partial charge in [-0.1, -0.05) is 0 Å². The molecule has 1 aromatic carbocycles. The largest absolute Gasteiger partial charge is 0.346 e. The van der Waals surface area contributed by atoms with E-state index in [0.717, 1.165) is 18.2 Å². The van der Waals surface area contributed by atoms with Crippen molar-refractivity contribution in [3.8, 4) is 0 Å². The third-order valence-corrected chi connectivity index (χ3v) is 2.48. The smallest absolute Gasteiger partial charge is 0.270 e. The van der Waals surface area contributed by atoms with Crippen LogP contribution in [0.15, 0.2) is 36.8 Å². The Hall–Kier alpha value is -2.90. The van der Waals surface area contributed by atoms with Gasteiger partial charge in [0.2, 0.25) is 0 Å². The fourth-order valence-corrected chi connectivity index (χ4v) is 1.49. The van der Waals surface area contributed by atoms with Gasteiger partial charge in [0.25, 0.3) is 11.6 Å². The van der Waals surface area contributed by atoms with E-state index in [1.807, 2.05) is 0 Å². The Morgan fingerprint density at radius 2 is 2.20 bits per heavy atom. The fourth-order valence-electron chi connectivity index (χ4n) is 1.49. The molecule has 0 aliphatic heterocycles. The molecule has 1 amide bonds. The lowest BCUT2D eigenvalue weighted by Gasteiger charge is -2.05. The maximum absolute atomic E-state index is 13.5.